The van der Waals surface area contributed by atoms with Crippen molar-refractivity contribution in [2.24, 2.45) is 5.73 Å². The van der Waals surface area contributed by atoms with Crippen LogP contribution >= 0.6 is 15.9 Å². The van der Waals surface area contributed by atoms with E-state index in [-0.39, 0.29) is 12.0 Å². The number of nitrogens with two attached hydrogens (primary N) is 1. The minimum Gasteiger partial charge on any atom is -0.339 e. The first-order valence-electron chi connectivity index (χ1n) is 6.38. The molecule has 19 heavy (non-hydrogen) atoms. The summed E-state index contributed by atoms with van der Waals surface area (Å²) in [4.78, 5) is 4.47. The van der Waals surface area contributed by atoms with E-state index >= 15 is 0 Å². The SMILES string of the molecule is CCC(N)C(C)c1nc(-c2ccc(Br)cc2C)no1. The van der Waals surface area contributed by atoms with Crippen molar-refractivity contribution in [2.45, 2.75) is 39.2 Å². The van der Waals surface area contributed by atoms with E-state index in [0.717, 1.165) is 22.0 Å². The summed E-state index contributed by atoms with van der Waals surface area (Å²) < 4.78 is 6.38. The zero-order valence-corrected chi connectivity index (χ0v) is 12.9. The van der Waals surface area contributed by atoms with Crippen LogP contribution in [-0.2, 0) is 0 Å². The van der Waals surface area contributed by atoms with Crippen LogP contribution in [0, 0.1) is 6.92 Å². The number of aryl methyl sites for hydroxylation is 1. The smallest absolute Gasteiger partial charge is 0.231 e. The first-order valence-corrected chi connectivity index (χ1v) is 7.18. The van der Waals surface area contributed by atoms with Gasteiger partial charge >= 0.3 is 0 Å². The van der Waals surface area contributed by atoms with E-state index in [2.05, 4.69) is 33.0 Å². The third-order valence-corrected chi connectivity index (χ3v) is 3.87. The van der Waals surface area contributed by atoms with E-state index in [1.54, 1.807) is 0 Å². The fraction of sp³-hybridized carbons (Fsp3) is 0.429. The van der Waals surface area contributed by atoms with E-state index in [0.29, 0.717) is 11.7 Å². The van der Waals surface area contributed by atoms with E-state index in [4.69, 9.17) is 10.3 Å². The predicted octanol–water partition coefficient (Wildman–Crippen LogP) is 3.65. The minimum atomic E-state index is 0.0410. The Morgan fingerprint density at radius 2 is 2.16 bits per heavy atom. The summed E-state index contributed by atoms with van der Waals surface area (Å²) in [5, 5.41) is 4.06. The van der Waals surface area contributed by atoms with Crippen molar-refractivity contribution >= 4 is 15.9 Å². The lowest BCUT2D eigenvalue weighted by Crippen LogP contribution is -2.25. The molecule has 1 heterocycles. The van der Waals surface area contributed by atoms with Crippen molar-refractivity contribution in [1.82, 2.24) is 10.1 Å². The topological polar surface area (TPSA) is 64.9 Å². The van der Waals surface area contributed by atoms with Crippen LogP contribution < -0.4 is 5.73 Å². The largest absolute Gasteiger partial charge is 0.339 e. The summed E-state index contributed by atoms with van der Waals surface area (Å²) >= 11 is 3.44. The van der Waals surface area contributed by atoms with E-state index in [1.165, 1.54) is 0 Å². The molecule has 1 aromatic carbocycles. The molecule has 0 aliphatic heterocycles. The highest BCUT2D eigenvalue weighted by Gasteiger charge is 2.20. The predicted molar refractivity (Wildman–Crippen MR) is 78.9 cm³/mol. The highest BCUT2D eigenvalue weighted by atomic mass is 79.9. The molecule has 2 unspecified atom stereocenters. The Hall–Kier alpha value is -1.20. The normalized spacial score (nSPS) is 14.4. The molecule has 0 saturated carbocycles. The van der Waals surface area contributed by atoms with Gasteiger partial charge in [-0.05, 0) is 37.1 Å². The highest BCUT2D eigenvalue weighted by Crippen LogP contribution is 2.26. The molecule has 0 radical (unpaired) electrons. The first-order chi connectivity index (χ1) is 9.02. The molecule has 102 valence electrons. The van der Waals surface area contributed by atoms with Gasteiger partial charge in [-0.2, -0.15) is 4.98 Å². The molecule has 0 bridgehead atoms. The molecule has 1 aromatic heterocycles. The zero-order valence-electron chi connectivity index (χ0n) is 11.4. The molecular weight excluding hydrogens is 306 g/mol. The Bertz CT molecular complexity index is 568. The minimum absolute atomic E-state index is 0.0410. The third-order valence-electron chi connectivity index (χ3n) is 3.37. The molecule has 0 aliphatic carbocycles. The monoisotopic (exact) mass is 323 g/mol. The van der Waals surface area contributed by atoms with Crippen molar-refractivity contribution in [3.8, 4) is 11.4 Å². The fourth-order valence-corrected chi connectivity index (χ4v) is 2.42. The second-order valence-electron chi connectivity index (χ2n) is 4.78. The van der Waals surface area contributed by atoms with Gasteiger partial charge in [-0.1, -0.05) is 34.9 Å². The van der Waals surface area contributed by atoms with E-state index in [9.17, 15) is 0 Å². The van der Waals surface area contributed by atoms with Gasteiger partial charge in [-0.25, -0.2) is 0 Å². The number of aromatic nitrogens is 2. The van der Waals surface area contributed by atoms with Crippen LogP contribution in [0.25, 0.3) is 11.4 Å². The Morgan fingerprint density at radius 1 is 1.42 bits per heavy atom. The maximum Gasteiger partial charge on any atom is 0.231 e. The molecule has 2 atom stereocenters. The molecule has 4 nitrogen and oxygen atoms in total. The molecule has 0 fully saturated rings. The molecule has 2 aromatic rings. The Morgan fingerprint density at radius 3 is 2.79 bits per heavy atom. The maximum atomic E-state index is 6.01. The molecule has 0 aliphatic rings. The Kier molecular flexibility index (Phi) is 4.37. The van der Waals surface area contributed by atoms with E-state index in [1.807, 2.05) is 32.0 Å². The summed E-state index contributed by atoms with van der Waals surface area (Å²) in [6, 6.07) is 6.03. The highest BCUT2D eigenvalue weighted by molar-refractivity contribution is 9.10. The number of benzene rings is 1. The van der Waals surface area contributed by atoms with Gasteiger partial charge in [0.25, 0.3) is 0 Å². The maximum absolute atomic E-state index is 6.01. The number of nitrogens with zero attached hydrogens (tertiary/aromatic N) is 2. The molecule has 5 heteroatoms. The molecule has 0 spiro atoms. The van der Waals surface area contributed by atoms with E-state index < -0.39 is 0 Å². The summed E-state index contributed by atoms with van der Waals surface area (Å²) in [5.41, 5.74) is 8.10. The molecule has 0 amide bonds. The summed E-state index contributed by atoms with van der Waals surface area (Å²) in [6.45, 7) is 6.09. The van der Waals surface area contributed by atoms with Gasteiger partial charge in [0.15, 0.2) is 0 Å². The zero-order chi connectivity index (χ0) is 14.0. The first kappa shape index (κ1) is 14.2. The van der Waals surface area contributed by atoms with Crippen molar-refractivity contribution in [3.63, 3.8) is 0 Å². The Labute approximate surface area is 121 Å². The van der Waals surface area contributed by atoms with Gasteiger partial charge in [0, 0.05) is 16.1 Å². The number of halogens is 1. The lowest BCUT2D eigenvalue weighted by atomic mass is 10.0. The third kappa shape index (κ3) is 3.04. The summed E-state index contributed by atoms with van der Waals surface area (Å²) in [7, 11) is 0. The van der Waals surface area contributed by atoms with Gasteiger partial charge in [0.2, 0.25) is 11.7 Å². The van der Waals surface area contributed by atoms with Crippen LogP contribution in [-0.4, -0.2) is 16.2 Å². The van der Waals surface area contributed by atoms with Crippen LogP contribution in [0.3, 0.4) is 0 Å². The van der Waals surface area contributed by atoms with Gasteiger partial charge in [0.1, 0.15) is 0 Å². The molecule has 2 rings (SSSR count). The molecule has 0 saturated heterocycles. The van der Waals surface area contributed by atoms with Gasteiger partial charge in [0.05, 0.1) is 5.92 Å². The van der Waals surface area contributed by atoms with Gasteiger partial charge in [-0.15, -0.1) is 0 Å². The second kappa shape index (κ2) is 5.84. The summed E-state index contributed by atoms with van der Waals surface area (Å²) in [6.07, 6.45) is 0.885. The lowest BCUT2D eigenvalue weighted by Gasteiger charge is -2.13. The quantitative estimate of drug-likeness (QED) is 0.932. The van der Waals surface area contributed by atoms with Crippen molar-refractivity contribution in [1.29, 1.82) is 0 Å². The van der Waals surface area contributed by atoms with Crippen LogP contribution in [0.15, 0.2) is 27.2 Å². The molecular formula is C14H18BrN3O. The molecule has 2 N–H and O–H groups in total. The Balaban J connectivity index is 2.30. The average molecular weight is 324 g/mol. The fourth-order valence-electron chi connectivity index (χ4n) is 1.94. The van der Waals surface area contributed by atoms with Crippen molar-refractivity contribution in [3.05, 3.63) is 34.1 Å². The van der Waals surface area contributed by atoms with Gasteiger partial charge < -0.3 is 10.3 Å². The lowest BCUT2D eigenvalue weighted by molar-refractivity contribution is 0.340. The van der Waals surface area contributed by atoms with Crippen LogP contribution in [0.1, 0.15) is 37.6 Å². The second-order valence-corrected chi connectivity index (χ2v) is 5.69. The average Bonchev–Trinajstić information content (AvgIpc) is 2.86. The number of rotatable bonds is 4. The van der Waals surface area contributed by atoms with Crippen LogP contribution in [0.4, 0.5) is 0 Å². The van der Waals surface area contributed by atoms with Crippen molar-refractivity contribution in [2.75, 3.05) is 0 Å². The summed E-state index contributed by atoms with van der Waals surface area (Å²) in [5.74, 6) is 1.30. The van der Waals surface area contributed by atoms with Gasteiger partial charge in [-0.3, -0.25) is 0 Å². The van der Waals surface area contributed by atoms with Crippen LogP contribution in [0.5, 0.6) is 0 Å². The standard InChI is InChI=1S/C14H18BrN3O/c1-4-12(16)9(3)14-17-13(18-19-14)11-6-5-10(15)7-8(11)2/h5-7,9,12H,4,16H2,1-3H3. The number of hydrogen-bond acceptors (Lipinski definition) is 4. The number of hydrogen-bond donors (Lipinski definition) is 1. The van der Waals surface area contributed by atoms with Crippen LogP contribution in [0.2, 0.25) is 0 Å². The van der Waals surface area contributed by atoms with Crippen molar-refractivity contribution < 1.29 is 4.52 Å².